The van der Waals surface area contributed by atoms with Gasteiger partial charge in [0.25, 0.3) is 0 Å². The maximum Gasteiger partial charge on any atom is 0.335 e. The van der Waals surface area contributed by atoms with E-state index in [1.54, 1.807) is 16.7 Å². The number of aromatic carboxylic acids is 1. The van der Waals surface area contributed by atoms with Crippen molar-refractivity contribution in [2.45, 2.75) is 32.4 Å². The monoisotopic (exact) mass is 609 g/mol. The minimum Gasteiger partial charge on any atom is -0.478 e. The molecule has 0 unspecified atom stereocenters. The van der Waals surface area contributed by atoms with Gasteiger partial charge < -0.3 is 14.4 Å². The number of imidazole rings is 1. The Bertz CT molecular complexity index is 1870. The van der Waals surface area contributed by atoms with Crippen LogP contribution in [0.1, 0.15) is 40.2 Å². The maximum absolute atomic E-state index is 15.5. The maximum atomic E-state index is 15.5. The van der Waals surface area contributed by atoms with Gasteiger partial charge in [-0.1, -0.05) is 23.7 Å². The molecule has 2 heterocycles. The molecule has 0 aliphatic heterocycles. The first-order valence-electron chi connectivity index (χ1n) is 13.5. The minimum absolute atomic E-state index is 0.0203. The van der Waals surface area contributed by atoms with Crippen LogP contribution in [0.2, 0.25) is 5.02 Å². The van der Waals surface area contributed by atoms with E-state index in [1.807, 2.05) is 0 Å². The number of carboxylic acids is 1. The molecule has 1 N–H and O–H groups in total. The van der Waals surface area contributed by atoms with Crippen LogP contribution in [0.25, 0.3) is 22.3 Å². The van der Waals surface area contributed by atoms with E-state index < -0.39 is 35.5 Å². The molecule has 6 nitrogen and oxygen atoms in total. The lowest BCUT2D eigenvalue weighted by atomic mass is 10.0. The zero-order chi connectivity index (χ0) is 30.3. The number of alkyl halides is 1. The number of hydrogen-bond donors (Lipinski definition) is 1. The summed E-state index contributed by atoms with van der Waals surface area (Å²) in [7, 11) is 0. The summed E-state index contributed by atoms with van der Waals surface area (Å²) < 4.78 is 66.1. The van der Waals surface area contributed by atoms with E-state index in [0.29, 0.717) is 29.7 Å². The first kappa shape index (κ1) is 28.7. The summed E-state index contributed by atoms with van der Waals surface area (Å²) in [6, 6.07) is 15.3. The van der Waals surface area contributed by atoms with E-state index in [4.69, 9.17) is 16.3 Å². The average molecular weight is 610 g/mol. The van der Waals surface area contributed by atoms with Gasteiger partial charge in [-0.25, -0.2) is 27.9 Å². The predicted octanol–water partition coefficient (Wildman–Crippen LogP) is 7.79. The Hall–Kier alpha value is -4.44. The molecule has 1 aliphatic carbocycles. The van der Waals surface area contributed by atoms with E-state index in [9.17, 15) is 18.7 Å². The van der Waals surface area contributed by atoms with Crippen LogP contribution in [0.4, 0.5) is 17.6 Å². The highest BCUT2D eigenvalue weighted by Gasteiger charge is 2.44. The van der Waals surface area contributed by atoms with Gasteiger partial charge in [-0.05, 0) is 66.9 Å². The minimum atomic E-state index is -1.12. The summed E-state index contributed by atoms with van der Waals surface area (Å²) in [5, 5.41) is 9.71. The summed E-state index contributed by atoms with van der Waals surface area (Å²) >= 11 is 5.79. The molecule has 0 saturated heterocycles. The molecule has 0 bridgehead atoms. The van der Waals surface area contributed by atoms with Crippen molar-refractivity contribution in [3.63, 3.8) is 0 Å². The number of hydrogen-bond acceptors (Lipinski definition) is 4. The number of ether oxygens (including phenoxy) is 1. The third-order valence-electron chi connectivity index (χ3n) is 7.68. The van der Waals surface area contributed by atoms with Crippen molar-refractivity contribution >= 4 is 28.6 Å². The van der Waals surface area contributed by atoms with Crippen LogP contribution in [-0.2, 0) is 19.6 Å². The number of aromatic nitrogens is 3. The molecule has 2 aromatic heterocycles. The summed E-state index contributed by atoms with van der Waals surface area (Å²) in [4.78, 5) is 20.4. The van der Waals surface area contributed by atoms with Crippen molar-refractivity contribution in [3.05, 3.63) is 112 Å². The molecule has 0 amide bonds. The van der Waals surface area contributed by atoms with Gasteiger partial charge in [0.2, 0.25) is 5.88 Å². The van der Waals surface area contributed by atoms with Crippen LogP contribution in [0.5, 0.6) is 5.88 Å². The fourth-order valence-corrected chi connectivity index (χ4v) is 5.15. The molecule has 220 valence electrons. The molecular weight excluding hydrogens is 586 g/mol. The predicted molar refractivity (Wildman–Crippen MR) is 152 cm³/mol. The van der Waals surface area contributed by atoms with Crippen LogP contribution >= 0.6 is 11.6 Å². The lowest BCUT2D eigenvalue weighted by molar-refractivity contribution is 0.0697. The smallest absolute Gasteiger partial charge is 0.335 e. The van der Waals surface area contributed by atoms with Crippen molar-refractivity contribution in [2.75, 3.05) is 6.67 Å². The molecule has 3 aromatic carbocycles. The third kappa shape index (κ3) is 5.92. The number of carboxylic acid groups (broad SMARTS) is 1. The first-order valence-corrected chi connectivity index (χ1v) is 13.8. The standard InChI is InChI=1S/C32H24ClF4N3O3/c33-21-6-4-19(23(35)13-21)15-43-30-3-1-2-26(39-30)22-14-24(36)20(10-25(22)37)12-29-38-27-7-5-18(31(41)42)11-28(27)40(29)17-32(16-34)8-9-32/h1-7,10-11,13-14H,8-9,12,15-17H2,(H,41,42). The third-order valence-corrected chi connectivity index (χ3v) is 7.92. The zero-order valence-corrected chi connectivity index (χ0v) is 23.3. The molecule has 0 radical (unpaired) electrons. The van der Waals surface area contributed by atoms with Gasteiger partial charge in [-0.3, -0.25) is 4.39 Å². The van der Waals surface area contributed by atoms with Crippen molar-refractivity contribution in [3.8, 4) is 17.1 Å². The van der Waals surface area contributed by atoms with Crippen LogP contribution < -0.4 is 4.74 Å². The van der Waals surface area contributed by atoms with E-state index in [-0.39, 0.29) is 58.4 Å². The molecular formula is C32H24ClF4N3O3. The summed E-state index contributed by atoms with van der Waals surface area (Å²) in [6.07, 6.45) is 1.23. The van der Waals surface area contributed by atoms with Gasteiger partial charge >= 0.3 is 5.97 Å². The lowest BCUT2D eigenvalue weighted by Crippen LogP contribution is -2.16. The Kier molecular flexibility index (Phi) is 7.56. The first-order chi connectivity index (χ1) is 20.6. The van der Waals surface area contributed by atoms with Crippen molar-refractivity contribution in [2.24, 2.45) is 5.41 Å². The number of pyridine rings is 1. The number of carbonyl (C=O) groups is 1. The fourth-order valence-electron chi connectivity index (χ4n) is 4.99. The van der Waals surface area contributed by atoms with Gasteiger partial charge in [0.05, 0.1) is 29.0 Å². The summed E-state index contributed by atoms with van der Waals surface area (Å²) in [6.45, 7) is -0.446. The Balaban J connectivity index is 1.28. The highest BCUT2D eigenvalue weighted by Crippen LogP contribution is 2.48. The summed E-state index contributed by atoms with van der Waals surface area (Å²) in [5.41, 5.74) is 0.729. The van der Waals surface area contributed by atoms with Crippen molar-refractivity contribution in [1.82, 2.24) is 14.5 Å². The highest BCUT2D eigenvalue weighted by molar-refractivity contribution is 6.30. The number of benzene rings is 3. The zero-order valence-electron chi connectivity index (χ0n) is 22.6. The number of nitrogens with zero attached hydrogens (tertiary/aromatic N) is 3. The normalized spacial score (nSPS) is 13.8. The number of fused-ring (bicyclic) bond motifs is 1. The molecule has 5 aromatic rings. The molecule has 0 spiro atoms. The Morgan fingerprint density at radius 1 is 0.953 bits per heavy atom. The molecule has 1 fully saturated rings. The second-order valence-corrected chi connectivity index (χ2v) is 11.2. The SMILES string of the molecule is O=C(O)c1ccc2nc(Cc3cc(F)c(-c4cccc(OCc5ccc(Cl)cc5F)n4)cc3F)n(CC3(CF)CC3)c2c1. The van der Waals surface area contributed by atoms with E-state index >= 15 is 8.78 Å². The number of halogens is 5. The second-order valence-electron chi connectivity index (χ2n) is 10.7. The quantitative estimate of drug-likeness (QED) is 0.164. The van der Waals surface area contributed by atoms with Crippen LogP contribution in [0.3, 0.4) is 0 Å². The topological polar surface area (TPSA) is 77.2 Å². The molecule has 43 heavy (non-hydrogen) atoms. The Labute approximate surface area is 248 Å². The fraction of sp³-hybridized carbons (Fsp3) is 0.219. The van der Waals surface area contributed by atoms with Gasteiger partial charge in [-0.2, -0.15) is 0 Å². The molecule has 1 aliphatic rings. The Morgan fingerprint density at radius 2 is 1.74 bits per heavy atom. The van der Waals surface area contributed by atoms with Gasteiger partial charge in [0, 0.05) is 40.6 Å². The van der Waals surface area contributed by atoms with E-state index in [2.05, 4.69) is 9.97 Å². The van der Waals surface area contributed by atoms with Gasteiger partial charge in [0.15, 0.2) is 0 Å². The van der Waals surface area contributed by atoms with Gasteiger partial charge in [0.1, 0.15) is 29.9 Å². The summed E-state index contributed by atoms with van der Waals surface area (Å²) in [5.74, 6) is -2.64. The van der Waals surface area contributed by atoms with E-state index in [1.165, 1.54) is 36.4 Å². The van der Waals surface area contributed by atoms with Crippen LogP contribution in [-0.4, -0.2) is 32.3 Å². The molecule has 11 heteroatoms. The van der Waals surface area contributed by atoms with Crippen LogP contribution in [0.15, 0.2) is 66.7 Å². The number of rotatable bonds is 10. The lowest BCUT2D eigenvalue weighted by Gasteiger charge is -2.16. The van der Waals surface area contributed by atoms with Crippen molar-refractivity contribution < 1.29 is 32.2 Å². The largest absolute Gasteiger partial charge is 0.478 e. The highest BCUT2D eigenvalue weighted by atomic mass is 35.5. The molecule has 0 atom stereocenters. The molecule has 6 rings (SSSR count). The van der Waals surface area contributed by atoms with Crippen LogP contribution in [0, 0.1) is 22.9 Å². The molecule has 1 saturated carbocycles. The van der Waals surface area contributed by atoms with Gasteiger partial charge in [-0.15, -0.1) is 0 Å². The van der Waals surface area contributed by atoms with E-state index in [0.717, 1.165) is 18.2 Å². The van der Waals surface area contributed by atoms with Crippen molar-refractivity contribution in [1.29, 1.82) is 0 Å². The second kappa shape index (κ2) is 11.3. The Morgan fingerprint density at radius 3 is 2.47 bits per heavy atom. The average Bonchev–Trinajstić information content (AvgIpc) is 3.69.